The Morgan fingerprint density at radius 2 is 2.75 bits per heavy atom. The molecule has 0 aliphatic carbocycles. The van der Waals surface area contributed by atoms with Crippen molar-refractivity contribution < 1.29 is 0 Å². The van der Waals surface area contributed by atoms with Crippen molar-refractivity contribution >= 4 is 31.0 Å². The van der Waals surface area contributed by atoms with E-state index in [0.29, 0.717) is 5.17 Å². The van der Waals surface area contributed by atoms with E-state index in [0.717, 1.165) is 0 Å². The van der Waals surface area contributed by atoms with Crippen LogP contribution in [0.3, 0.4) is 0 Å². The molecule has 0 saturated heterocycles. The van der Waals surface area contributed by atoms with Crippen LogP contribution in [0.2, 0.25) is 0 Å². The van der Waals surface area contributed by atoms with E-state index in [4.69, 9.17) is 13.3 Å². The molecular weight excluding hydrogens is 121 g/mol. The second kappa shape index (κ2) is 2.22. The van der Waals surface area contributed by atoms with Crippen molar-refractivity contribution in [2.45, 2.75) is 5.15 Å². The molecule has 1 rings (SSSR count). The molecule has 0 saturated carbocycles. The normalized spacial score (nSPS) is 27.5. The first-order valence-corrected chi connectivity index (χ1v) is 2.97. The van der Waals surface area contributed by atoms with E-state index in [-0.39, 0.29) is 5.15 Å². The van der Waals surface area contributed by atoms with E-state index < -0.39 is 0 Å². The van der Waals surface area contributed by atoms with Crippen LogP contribution < -0.4 is 5.43 Å². The van der Waals surface area contributed by atoms with Gasteiger partial charge < -0.3 is 0 Å². The number of amidine groups is 1. The van der Waals surface area contributed by atoms with Crippen LogP contribution >= 0.6 is 11.8 Å². The summed E-state index contributed by atoms with van der Waals surface area (Å²) in [5, 5.41) is 10.7. The minimum Gasteiger partial charge on any atom is -0.277 e. The van der Waals surface area contributed by atoms with E-state index in [2.05, 4.69) is 10.5 Å². The Morgan fingerprint density at radius 1 is 2.00 bits per heavy atom. The SMILES string of the molecule is [B]C1C=NNC(=N)S1. The molecule has 1 heterocycles. The lowest BCUT2D eigenvalue weighted by atomic mass is 10.1. The monoisotopic (exact) mass is 125 g/mol. The fourth-order valence-electron chi connectivity index (χ4n) is 0.362. The predicted octanol–water partition coefficient (Wildman–Crippen LogP) is -0.262. The minimum atomic E-state index is -0.149. The molecule has 0 aromatic rings. The first kappa shape index (κ1) is 5.69. The average Bonchev–Trinajstić information content (AvgIpc) is 1.64. The van der Waals surface area contributed by atoms with Gasteiger partial charge in [-0.05, 0) is 0 Å². The van der Waals surface area contributed by atoms with Gasteiger partial charge in [-0.3, -0.25) is 10.8 Å². The highest BCUT2D eigenvalue weighted by molar-refractivity contribution is 8.15. The Hall–Kier alpha value is -0.445. The van der Waals surface area contributed by atoms with Gasteiger partial charge in [0, 0.05) is 11.4 Å². The van der Waals surface area contributed by atoms with Crippen molar-refractivity contribution in [2.24, 2.45) is 5.10 Å². The topological polar surface area (TPSA) is 48.2 Å². The van der Waals surface area contributed by atoms with Gasteiger partial charge in [-0.2, -0.15) is 5.10 Å². The lowest BCUT2D eigenvalue weighted by molar-refractivity contribution is 1.03. The molecule has 5 heteroatoms. The summed E-state index contributed by atoms with van der Waals surface area (Å²) in [6, 6.07) is 0. The molecule has 0 bridgehead atoms. The summed E-state index contributed by atoms with van der Waals surface area (Å²) in [6.45, 7) is 0. The Kier molecular flexibility index (Phi) is 1.58. The molecule has 1 unspecified atom stereocenters. The summed E-state index contributed by atoms with van der Waals surface area (Å²) in [6.07, 6.45) is 1.56. The van der Waals surface area contributed by atoms with E-state index in [1.165, 1.54) is 11.8 Å². The summed E-state index contributed by atoms with van der Waals surface area (Å²) in [5.74, 6) is 0. The van der Waals surface area contributed by atoms with Gasteiger partial charge in [-0.1, -0.05) is 11.8 Å². The lowest BCUT2D eigenvalue weighted by Gasteiger charge is -2.10. The van der Waals surface area contributed by atoms with Crippen LogP contribution in [0.25, 0.3) is 0 Å². The molecular formula is C3H4BN3S. The summed E-state index contributed by atoms with van der Waals surface area (Å²) in [5.41, 5.74) is 2.45. The van der Waals surface area contributed by atoms with Gasteiger partial charge in [-0.15, -0.1) is 0 Å². The third-order valence-corrected chi connectivity index (χ3v) is 1.36. The Labute approximate surface area is 52.8 Å². The molecule has 0 spiro atoms. The summed E-state index contributed by atoms with van der Waals surface area (Å²) < 4.78 is 0. The Bertz CT molecular complexity index is 134. The van der Waals surface area contributed by atoms with E-state index in [1.54, 1.807) is 6.21 Å². The number of nitrogens with one attached hydrogen (secondary N) is 2. The van der Waals surface area contributed by atoms with Crippen LogP contribution in [-0.4, -0.2) is 24.4 Å². The third-order valence-electron chi connectivity index (χ3n) is 0.641. The lowest BCUT2D eigenvalue weighted by Crippen LogP contribution is -2.24. The van der Waals surface area contributed by atoms with Crippen molar-refractivity contribution in [1.29, 1.82) is 5.41 Å². The molecule has 2 N–H and O–H groups in total. The standard InChI is InChI=1S/C3H4BN3S/c4-2-1-6-7-3(5)8-2/h1-2H,(H2,5,7). The molecule has 0 aromatic carbocycles. The highest BCUT2D eigenvalue weighted by atomic mass is 32.2. The second-order valence-corrected chi connectivity index (χ2v) is 2.49. The van der Waals surface area contributed by atoms with Gasteiger partial charge in [0.2, 0.25) is 0 Å². The fourth-order valence-corrected chi connectivity index (χ4v) is 0.862. The highest BCUT2D eigenvalue weighted by Crippen LogP contribution is 2.07. The summed E-state index contributed by atoms with van der Waals surface area (Å²) in [4.78, 5) is 0. The fraction of sp³-hybridized carbons (Fsp3) is 0.333. The largest absolute Gasteiger partial charge is 0.277 e. The molecule has 0 aromatic heterocycles. The number of hydrazone groups is 1. The zero-order valence-electron chi connectivity index (χ0n) is 4.09. The molecule has 1 atom stereocenters. The number of thioether (sulfide) groups is 1. The zero-order valence-corrected chi connectivity index (χ0v) is 4.90. The third kappa shape index (κ3) is 1.26. The number of rotatable bonds is 0. The van der Waals surface area contributed by atoms with Crippen molar-refractivity contribution in [1.82, 2.24) is 5.43 Å². The number of nitrogens with zero attached hydrogens (tertiary/aromatic N) is 1. The van der Waals surface area contributed by atoms with Crippen LogP contribution in [0.4, 0.5) is 0 Å². The van der Waals surface area contributed by atoms with E-state index in [1.807, 2.05) is 0 Å². The van der Waals surface area contributed by atoms with E-state index in [9.17, 15) is 0 Å². The molecule has 3 nitrogen and oxygen atoms in total. The van der Waals surface area contributed by atoms with Gasteiger partial charge in [0.25, 0.3) is 0 Å². The second-order valence-electron chi connectivity index (χ2n) is 1.30. The van der Waals surface area contributed by atoms with Crippen LogP contribution in [0.5, 0.6) is 0 Å². The number of hydrogen-bond acceptors (Lipinski definition) is 3. The minimum absolute atomic E-state index is 0.149. The smallest absolute Gasteiger partial charge is 0.174 e. The Balaban J connectivity index is 2.54. The van der Waals surface area contributed by atoms with E-state index >= 15 is 0 Å². The Morgan fingerprint density at radius 3 is 3.12 bits per heavy atom. The van der Waals surface area contributed by atoms with Crippen LogP contribution in [0.1, 0.15) is 0 Å². The van der Waals surface area contributed by atoms with Gasteiger partial charge in [0.15, 0.2) is 5.17 Å². The molecule has 8 heavy (non-hydrogen) atoms. The van der Waals surface area contributed by atoms with Crippen molar-refractivity contribution in [2.75, 3.05) is 0 Å². The summed E-state index contributed by atoms with van der Waals surface area (Å²) in [7, 11) is 5.36. The first-order chi connectivity index (χ1) is 3.79. The highest BCUT2D eigenvalue weighted by Gasteiger charge is 2.06. The maximum atomic E-state index is 6.98. The summed E-state index contributed by atoms with van der Waals surface area (Å²) >= 11 is 1.24. The van der Waals surface area contributed by atoms with Crippen molar-refractivity contribution in [3.63, 3.8) is 0 Å². The van der Waals surface area contributed by atoms with Gasteiger partial charge in [-0.25, -0.2) is 0 Å². The van der Waals surface area contributed by atoms with Crippen molar-refractivity contribution in [3.8, 4) is 0 Å². The molecule has 2 radical (unpaired) electrons. The molecule has 40 valence electrons. The molecule has 1 aliphatic heterocycles. The number of hydrogen-bond donors (Lipinski definition) is 2. The van der Waals surface area contributed by atoms with Crippen LogP contribution in [0.15, 0.2) is 5.10 Å². The first-order valence-electron chi connectivity index (χ1n) is 2.09. The zero-order chi connectivity index (χ0) is 5.98. The predicted molar refractivity (Wildman–Crippen MR) is 36.5 cm³/mol. The maximum absolute atomic E-state index is 6.98. The van der Waals surface area contributed by atoms with Gasteiger partial charge >= 0.3 is 0 Å². The quantitative estimate of drug-likeness (QED) is 0.438. The van der Waals surface area contributed by atoms with Crippen LogP contribution in [-0.2, 0) is 0 Å². The van der Waals surface area contributed by atoms with Gasteiger partial charge in [0.1, 0.15) is 0 Å². The van der Waals surface area contributed by atoms with Gasteiger partial charge in [0.05, 0.1) is 7.85 Å². The van der Waals surface area contributed by atoms with Crippen molar-refractivity contribution in [3.05, 3.63) is 0 Å². The maximum Gasteiger partial charge on any atom is 0.174 e. The molecule has 0 amide bonds. The average molecular weight is 125 g/mol. The van der Waals surface area contributed by atoms with Crippen LogP contribution in [0, 0.1) is 5.41 Å². The molecule has 0 fully saturated rings. The molecule has 1 aliphatic rings.